The van der Waals surface area contributed by atoms with Gasteiger partial charge in [0.15, 0.2) is 0 Å². The molecule has 1 N–H and O–H groups in total. The van der Waals surface area contributed by atoms with E-state index in [1.807, 2.05) is 0 Å². The molecule has 1 amide bonds. The lowest BCUT2D eigenvalue weighted by molar-refractivity contribution is 0.102. The van der Waals surface area contributed by atoms with Gasteiger partial charge in [-0.25, -0.2) is 0 Å². The molecule has 1 aromatic carbocycles. The summed E-state index contributed by atoms with van der Waals surface area (Å²) >= 11 is 1.45. The minimum Gasteiger partial charge on any atom is -0.497 e. The Morgan fingerprint density at radius 1 is 1.42 bits per heavy atom. The van der Waals surface area contributed by atoms with Gasteiger partial charge in [-0.05, 0) is 31.0 Å². The van der Waals surface area contributed by atoms with Gasteiger partial charge in [-0.2, -0.15) is 0 Å². The van der Waals surface area contributed by atoms with Crippen molar-refractivity contribution in [2.24, 2.45) is 0 Å². The predicted molar refractivity (Wildman–Crippen MR) is 72.8 cm³/mol. The van der Waals surface area contributed by atoms with Crippen molar-refractivity contribution >= 4 is 22.4 Å². The average molecular weight is 275 g/mol. The third-order valence-corrected chi connectivity index (χ3v) is 3.92. The highest BCUT2D eigenvalue weighted by Gasteiger charge is 2.27. The van der Waals surface area contributed by atoms with Crippen LogP contribution in [0.15, 0.2) is 24.3 Å². The Morgan fingerprint density at radius 2 is 2.26 bits per heavy atom. The summed E-state index contributed by atoms with van der Waals surface area (Å²) in [5, 5.41) is 12.4. The number of anilines is 1. The third-order valence-electron chi connectivity index (χ3n) is 2.92. The first-order valence-corrected chi connectivity index (χ1v) is 6.86. The molecule has 1 fully saturated rings. The van der Waals surface area contributed by atoms with E-state index in [4.69, 9.17) is 4.74 Å². The highest BCUT2D eigenvalue weighted by atomic mass is 32.1. The molecule has 19 heavy (non-hydrogen) atoms. The molecule has 1 heterocycles. The van der Waals surface area contributed by atoms with Gasteiger partial charge < -0.3 is 4.74 Å². The van der Waals surface area contributed by atoms with E-state index in [-0.39, 0.29) is 5.91 Å². The smallest absolute Gasteiger partial charge is 0.257 e. The number of aromatic nitrogens is 2. The van der Waals surface area contributed by atoms with Crippen molar-refractivity contribution in [3.63, 3.8) is 0 Å². The van der Waals surface area contributed by atoms with E-state index in [0.717, 1.165) is 5.01 Å². The number of nitrogens with one attached hydrogen (secondary N) is 1. The molecule has 3 rings (SSSR count). The summed E-state index contributed by atoms with van der Waals surface area (Å²) in [6.45, 7) is 0. The van der Waals surface area contributed by atoms with Gasteiger partial charge in [0.05, 0.1) is 7.11 Å². The average Bonchev–Trinajstić information content (AvgIpc) is 3.19. The van der Waals surface area contributed by atoms with E-state index in [1.165, 1.54) is 24.2 Å². The summed E-state index contributed by atoms with van der Waals surface area (Å²) < 4.78 is 5.09. The van der Waals surface area contributed by atoms with Crippen molar-refractivity contribution in [1.82, 2.24) is 10.2 Å². The number of amides is 1. The summed E-state index contributed by atoms with van der Waals surface area (Å²) in [4.78, 5) is 12.0. The number of carbonyl (C=O) groups excluding carboxylic acids is 1. The minimum absolute atomic E-state index is 0.197. The molecule has 1 aliphatic rings. The fourth-order valence-electron chi connectivity index (χ4n) is 1.71. The minimum atomic E-state index is -0.197. The second-order valence-electron chi connectivity index (χ2n) is 4.41. The summed E-state index contributed by atoms with van der Waals surface area (Å²) in [5.41, 5.74) is 0.544. The van der Waals surface area contributed by atoms with E-state index >= 15 is 0 Å². The number of hydrogen-bond acceptors (Lipinski definition) is 5. The normalized spacial score (nSPS) is 14.2. The Balaban J connectivity index is 1.72. The molecule has 5 nitrogen and oxygen atoms in total. The van der Waals surface area contributed by atoms with Crippen LogP contribution in [0.3, 0.4) is 0 Å². The number of nitrogens with zero attached hydrogens (tertiary/aromatic N) is 2. The fourth-order valence-corrected chi connectivity index (χ4v) is 2.62. The highest BCUT2D eigenvalue weighted by molar-refractivity contribution is 7.15. The van der Waals surface area contributed by atoms with Gasteiger partial charge in [0.25, 0.3) is 5.91 Å². The fraction of sp³-hybridized carbons (Fsp3) is 0.308. The topological polar surface area (TPSA) is 64.1 Å². The standard InChI is InChI=1S/C13H13N3O2S/c1-18-10-4-2-3-9(7-10)11(17)14-13-16-15-12(19-13)8-5-6-8/h2-4,7-8H,5-6H2,1H3,(H,14,16,17). The Labute approximate surface area is 114 Å². The number of methoxy groups -OCH3 is 1. The van der Waals surface area contributed by atoms with E-state index in [9.17, 15) is 4.79 Å². The van der Waals surface area contributed by atoms with Crippen molar-refractivity contribution < 1.29 is 9.53 Å². The maximum Gasteiger partial charge on any atom is 0.257 e. The van der Waals surface area contributed by atoms with E-state index in [2.05, 4.69) is 15.5 Å². The highest BCUT2D eigenvalue weighted by Crippen LogP contribution is 2.42. The maximum absolute atomic E-state index is 12.0. The molecular weight excluding hydrogens is 262 g/mol. The first-order valence-electron chi connectivity index (χ1n) is 6.05. The van der Waals surface area contributed by atoms with Crippen LogP contribution < -0.4 is 10.1 Å². The quantitative estimate of drug-likeness (QED) is 0.931. The van der Waals surface area contributed by atoms with Gasteiger partial charge in [0.1, 0.15) is 10.8 Å². The van der Waals surface area contributed by atoms with Gasteiger partial charge in [-0.15, -0.1) is 10.2 Å². The first-order chi connectivity index (χ1) is 9.26. The third kappa shape index (κ3) is 2.73. The predicted octanol–water partition coefficient (Wildman–Crippen LogP) is 2.68. The lowest BCUT2D eigenvalue weighted by Crippen LogP contribution is -2.11. The Hall–Kier alpha value is -1.95. The second kappa shape index (κ2) is 4.97. The molecule has 0 atom stereocenters. The maximum atomic E-state index is 12.0. The molecule has 0 spiro atoms. The van der Waals surface area contributed by atoms with Crippen LogP contribution in [0.25, 0.3) is 0 Å². The molecule has 2 aromatic rings. The molecular formula is C13H13N3O2S. The van der Waals surface area contributed by atoms with Gasteiger partial charge in [-0.1, -0.05) is 17.4 Å². The Morgan fingerprint density at radius 3 is 3.00 bits per heavy atom. The number of carbonyl (C=O) groups is 1. The molecule has 1 aromatic heterocycles. The van der Waals surface area contributed by atoms with Gasteiger partial charge in [0.2, 0.25) is 5.13 Å². The zero-order valence-electron chi connectivity index (χ0n) is 10.4. The molecule has 1 aliphatic carbocycles. The molecule has 6 heteroatoms. The second-order valence-corrected chi connectivity index (χ2v) is 5.41. The lowest BCUT2D eigenvalue weighted by atomic mass is 10.2. The van der Waals surface area contributed by atoms with Crippen LogP contribution in [-0.4, -0.2) is 23.2 Å². The zero-order chi connectivity index (χ0) is 13.2. The van der Waals surface area contributed by atoms with Crippen molar-refractivity contribution in [1.29, 1.82) is 0 Å². The zero-order valence-corrected chi connectivity index (χ0v) is 11.2. The van der Waals surface area contributed by atoms with Crippen LogP contribution in [0.1, 0.15) is 34.1 Å². The summed E-state index contributed by atoms with van der Waals surface area (Å²) in [7, 11) is 1.57. The van der Waals surface area contributed by atoms with Crippen LogP contribution in [0.5, 0.6) is 5.75 Å². The van der Waals surface area contributed by atoms with Crippen molar-refractivity contribution in [3.8, 4) is 5.75 Å². The summed E-state index contributed by atoms with van der Waals surface area (Å²) in [5.74, 6) is 1.01. The van der Waals surface area contributed by atoms with Crippen LogP contribution in [-0.2, 0) is 0 Å². The molecule has 0 unspecified atom stereocenters. The first kappa shape index (κ1) is 12.1. The molecule has 0 bridgehead atoms. The van der Waals surface area contributed by atoms with Gasteiger partial charge in [0, 0.05) is 11.5 Å². The summed E-state index contributed by atoms with van der Waals surface area (Å²) in [6, 6.07) is 7.01. The number of benzene rings is 1. The Bertz CT molecular complexity index is 607. The van der Waals surface area contributed by atoms with E-state index < -0.39 is 0 Å². The molecule has 0 saturated heterocycles. The SMILES string of the molecule is COc1cccc(C(=O)Nc2nnc(C3CC3)s2)c1. The molecule has 0 radical (unpaired) electrons. The Kier molecular flexibility index (Phi) is 3.16. The largest absolute Gasteiger partial charge is 0.497 e. The van der Waals surface area contributed by atoms with Crippen LogP contribution >= 0.6 is 11.3 Å². The van der Waals surface area contributed by atoms with Gasteiger partial charge >= 0.3 is 0 Å². The van der Waals surface area contributed by atoms with Crippen molar-refractivity contribution in [3.05, 3.63) is 34.8 Å². The van der Waals surface area contributed by atoms with E-state index in [1.54, 1.807) is 31.4 Å². The molecule has 0 aliphatic heterocycles. The number of ether oxygens (including phenoxy) is 1. The van der Waals surface area contributed by atoms with Gasteiger partial charge in [-0.3, -0.25) is 10.1 Å². The summed E-state index contributed by atoms with van der Waals surface area (Å²) in [6.07, 6.45) is 2.36. The van der Waals surface area contributed by atoms with Crippen LogP contribution in [0.4, 0.5) is 5.13 Å². The lowest BCUT2D eigenvalue weighted by Gasteiger charge is -2.03. The van der Waals surface area contributed by atoms with Crippen molar-refractivity contribution in [2.75, 3.05) is 12.4 Å². The van der Waals surface area contributed by atoms with Crippen LogP contribution in [0, 0.1) is 0 Å². The number of rotatable bonds is 4. The monoisotopic (exact) mass is 275 g/mol. The molecule has 98 valence electrons. The van der Waals surface area contributed by atoms with E-state index in [0.29, 0.717) is 22.4 Å². The van der Waals surface area contributed by atoms with Crippen molar-refractivity contribution in [2.45, 2.75) is 18.8 Å². The number of hydrogen-bond donors (Lipinski definition) is 1. The van der Waals surface area contributed by atoms with Crippen LogP contribution in [0.2, 0.25) is 0 Å². The molecule has 1 saturated carbocycles.